The normalized spacial score (nSPS) is 15.5. The molecule has 1 aliphatic rings. The van der Waals surface area contributed by atoms with Crippen LogP contribution in [0.1, 0.15) is 34.9 Å². The fourth-order valence-corrected chi connectivity index (χ4v) is 3.18. The van der Waals surface area contributed by atoms with Crippen molar-refractivity contribution in [1.82, 2.24) is 9.78 Å². The average molecular weight is 356 g/mol. The van der Waals surface area contributed by atoms with Crippen LogP contribution in [0, 0.1) is 20.8 Å². The topological polar surface area (TPSA) is 113 Å². The van der Waals surface area contributed by atoms with Crippen LogP contribution in [0.3, 0.4) is 0 Å². The number of hydrogen-bond acceptors (Lipinski definition) is 4. The molecule has 2 heterocycles. The van der Waals surface area contributed by atoms with Gasteiger partial charge in [0.1, 0.15) is 6.54 Å². The van der Waals surface area contributed by atoms with Crippen molar-refractivity contribution in [2.24, 2.45) is 0 Å². The molecule has 1 aromatic carbocycles. The fourth-order valence-electron chi connectivity index (χ4n) is 3.18. The number of aromatic nitrogens is 2. The van der Waals surface area contributed by atoms with E-state index in [4.69, 9.17) is 5.11 Å². The lowest BCUT2D eigenvalue weighted by Crippen LogP contribution is -2.21. The quantitative estimate of drug-likeness (QED) is 0.758. The van der Waals surface area contributed by atoms with Gasteiger partial charge in [0, 0.05) is 12.1 Å². The third kappa shape index (κ3) is 3.30. The minimum Gasteiger partial charge on any atom is -0.480 e. The Morgan fingerprint density at radius 2 is 2.04 bits per heavy atom. The zero-order valence-electron chi connectivity index (χ0n) is 14.8. The minimum absolute atomic E-state index is 0.00524. The number of aryl methyl sites for hydroxylation is 2. The molecular formula is C18H20N4O4. The van der Waals surface area contributed by atoms with Gasteiger partial charge in [-0.05, 0) is 32.4 Å². The second kappa shape index (κ2) is 6.62. The van der Waals surface area contributed by atoms with Crippen molar-refractivity contribution in [1.29, 1.82) is 0 Å². The molecule has 2 amide bonds. The van der Waals surface area contributed by atoms with Crippen LogP contribution < -0.4 is 10.6 Å². The van der Waals surface area contributed by atoms with Gasteiger partial charge in [-0.3, -0.25) is 19.1 Å². The van der Waals surface area contributed by atoms with E-state index in [-0.39, 0.29) is 24.8 Å². The molecule has 1 unspecified atom stereocenters. The van der Waals surface area contributed by atoms with E-state index in [1.54, 1.807) is 13.8 Å². The van der Waals surface area contributed by atoms with E-state index in [0.29, 0.717) is 17.1 Å². The van der Waals surface area contributed by atoms with Gasteiger partial charge >= 0.3 is 5.97 Å². The Morgan fingerprint density at radius 1 is 1.31 bits per heavy atom. The van der Waals surface area contributed by atoms with Crippen LogP contribution in [0.25, 0.3) is 0 Å². The third-order valence-corrected chi connectivity index (χ3v) is 4.48. The lowest BCUT2D eigenvalue weighted by Gasteiger charge is -2.10. The van der Waals surface area contributed by atoms with E-state index in [1.165, 1.54) is 4.68 Å². The average Bonchev–Trinajstić information content (AvgIpc) is 2.98. The summed E-state index contributed by atoms with van der Waals surface area (Å²) in [5, 5.41) is 18.6. The van der Waals surface area contributed by atoms with E-state index in [9.17, 15) is 14.4 Å². The predicted octanol–water partition coefficient (Wildman–Crippen LogP) is 1.96. The molecule has 0 radical (unpaired) electrons. The van der Waals surface area contributed by atoms with Crippen molar-refractivity contribution in [3.05, 3.63) is 40.7 Å². The molecule has 1 aromatic heterocycles. The summed E-state index contributed by atoms with van der Waals surface area (Å²) in [4.78, 5) is 35.6. The highest BCUT2D eigenvalue weighted by atomic mass is 16.4. The van der Waals surface area contributed by atoms with E-state index in [0.717, 1.165) is 16.8 Å². The van der Waals surface area contributed by atoms with Crippen LogP contribution in [0.5, 0.6) is 0 Å². The zero-order chi connectivity index (χ0) is 19.0. The van der Waals surface area contributed by atoms with E-state index < -0.39 is 11.9 Å². The summed E-state index contributed by atoms with van der Waals surface area (Å²) in [7, 11) is 0. The molecular weight excluding hydrogens is 336 g/mol. The first kappa shape index (κ1) is 17.7. The molecule has 8 heteroatoms. The Bertz CT molecular complexity index is 916. The number of anilines is 2. The number of aliphatic carboxylic acids is 1. The molecule has 0 fully saturated rings. The van der Waals surface area contributed by atoms with Gasteiger partial charge in [0.25, 0.3) is 0 Å². The maximum absolute atomic E-state index is 12.5. The Morgan fingerprint density at radius 3 is 2.73 bits per heavy atom. The molecule has 26 heavy (non-hydrogen) atoms. The van der Waals surface area contributed by atoms with Gasteiger partial charge in [-0.25, -0.2) is 0 Å². The number of benzene rings is 1. The number of carbonyl (C=O) groups is 3. The smallest absolute Gasteiger partial charge is 0.325 e. The van der Waals surface area contributed by atoms with E-state index in [1.807, 2.05) is 25.1 Å². The van der Waals surface area contributed by atoms with Gasteiger partial charge in [-0.1, -0.05) is 17.7 Å². The second-order valence-corrected chi connectivity index (χ2v) is 6.48. The molecule has 2 aromatic rings. The Kier molecular flexibility index (Phi) is 4.50. The van der Waals surface area contributed by atoms with Gasteiger partial charge in [0.15, 0.2) is 0 Å². The summed E-state index contributed by atoms with van der Waals surface area (Å²) in [5.41, 5.74) is 4.15. The summed E-state index contributed by atoms with van der Waals surface area (Å²) in [6.07, 6.45) is 0.00524. The third-order valence-electron chi connectivity index (χ3n) is 4.48. The molecule has 3 rings (SSSR count). The maximum atomic E-state index is 12.5. The molecule has 136 valence electrons. The van der Waals surface area contributed by atoms with Gasteiger partial charge in [0.05, 0.1) is 23.0 Å². The molecule has 0 saturated carbocycles. The first-order valence-electron chi connectivity index (χ1n) is 8.23. The van der Waals surface area contributed by atoms with Gasteiger partial charge in [-0.15, -0.1) is 0 Å². The number of rotatable bonds is 5. The lowest BCUT2D eigenvalue weighted by molar-refractivity contribution is -0.138. The number of carboxylic acids is 1. The highest BCUT2D eigenvalue weighted by molar-refractivity contribution is 6.06. The van der Waals surface area contributed by atoms with Crippen LogP contribution in [0.4, 0.5) is 11.4 Å². The Labute approximate surface area is 150 Å². The summed E-state index contributed by atoms with van der Waals surface area (Å²) in [6.45, 7) is 5.05. The first-order chi connectivity index (χ1) is 12.3. The zero-order valence-corrected chi connectivity index (χ0v) is 14.8. The van der Waals surface area contributed by atoms with E-state index in [2.05, 4.69) is 15.7 Å². The molecule has 3 N–H and O–H groups in total. The number of nitrogens with one attached hydrogen (secondary N) is 2. The lowest BCUT2D eigenvalue weighted by atomic mass is 9.95. The summed E-state index contributed by atoms with van der Waals surface area (Å²) in [6, 6.07) is 5.66. The van der Waals surface area contributed by atoms with Crippen molar-refractivity contribution in [2.45, 2.75) is 39.7 Å². The molecule has 0 aliphatic carbocycles. The van der Waals surface area contributed by atoms with Gasteiger partial charge < -0.3 is 15.7 Å². The largest absolute Gasteiger partial charge is 0.480 e. The number of fused-ring (bicyclic) bond motifs is 1. The summed E-state index contributed by atoms with van der Waals surface area (Å²) < 4.78 is 1.33. The number of carbonyl (C=O) groups excluding carboxylic acids is 2. The highest BCUT2D eigenvalue weighted by Crippen LogP contribution is 2.35. The van der Waals surface area contributed by atoms with Crippen molar-refractivity contribution in [2.75, 3.05) is 10.6 Å². The van der Waals surface area contributed by atoms with Crippen LogP contribution in [-0.2, 0) is 20.9 Å². The van der Waals surface area contributed by atoms with Gasteiger partial charge in [0.2, 0.25) is 11.8 Å². The van der Waals surface area contributed by atoms with Crippen LogP contribution >= 0.6 is 0 Å². The van der Waals surface area contributed by atoms with Crippen molar-refractivity contribution in [3.8, 4) is 0 Å². The van der Waals surface area contributed by atoms with Crippen molar-refractivity contribution < 1.29 is 19.5 Å². The van der Waals surface area contributed by atoms with Crippen LogP contribution in [-0.4, -0.2) is 32.7 Å². The summed E-state index contributed by atoms with van der Waals surface area (Å²) >= 11 is 0. The van der Waals surface area contributed by atoms with Crippen LogP contribution in [0.2, 0.25) is 0 Å². The highest BCUT2D eigenvalue weighted by Gasteiger charge is 2.32. The van der Waals surface area contributed by atoms with Crippen molar-refractivity contribution >= 4 is 29.2 Å². The number of hydrogen-bond donors (Lipinski definition) is 3. The maximum Gasteiger partial charge on any atom is 0.325 e. The van der Waals surface area contributed by atoms with Crippen LogP contribution in [0.15, 0.2) is 18.2 Å². The molecule has 0 spiro atoms. The second-order valence-electron chi connectivity index (χ2n) is 6.48. The summed E-state index contributed by atoms with van der Waals surface area (Å²) in [5.74, 6) is -2.07. The minimum atomic E-state index is -1.01. The SMILES string of the molecule is Cc1ccc2c(c1)C(CC(=O)Nc1c(C)nn(CC(=O)O)c1C)C(=O)N2. The molecule has 8 nitrogen and oxygen atoms in total. The molecule has 1 atom stereocenters. The Hall–Kier alpha value is -3.16. The fraction of sp³-hybridized carbons (Fsp3) is 0.333. The molecule has 0 saturated heterocycles. The predicted molar refractivity (Wildman–Crippen MR) is 95.1 cm³/mol. The van der Waals surface area contributed by atoms with Gasteiger partial charge in [-0.2, -0.15) is 5.10 Å². The Balaban J connectivity index is 1.76. The standard InChI is InChI=1S/C18H20N4O4/c1-9-4-5-14-12(6-9)13(18(26)19-14)7-15(23)20-17-10(2)21-22(11(17)3)8-16(24)25/h4-6,13H,7-8H2,1-3H3,(H,19,26)(H,20,23)(H,24,25). The molecule has 0 bridgehead atoms. The van der Waals surface area contributed by atoms with E-state index >= 15 is 0 Å². The number of nitrogens with zero attached hydrogens (tertiary/aromatic N) is 2. The number of carboxylic acid groups (broad SMARTS) is 1. The first-order valence-corrected chi connectivity index (χ1v) is 8.23. The van der Waals surface area contributed by atoms with Crippen molar-refractivity contribution in [3.63, 3.8) is 0 Å². The monoisotopic (exact) mass is 356 g/mol. The molecule has 1 aliphatic heterocycles. The number of amides is 2.